The summed E-state index contributed by atoms with van der Waals surface area (Å²) in [5.41, 5.74) is 2.07. The largest absolute Gasteiger partial charge is 0.495 e. The Balaban J connectivity index is 1.79. The molecule has 4 nitrogen and oxygen atoms in total. The summed E-state index contributed by atoms with van der Waals surface area (Å²) >= 11 is 2.63. The van der Waals surface area contributed by atoms with Crippen molar-refractivity contribution in [3.8, 4) is 17.0 Å². The third kappa shape index (κ3) is 3.25. The monoisotopic (exact) mass is 348 g/mol. The van der Waals surface area contributed by atoms with Crippen LogP contribution in [0.15, 0.2) is 35.0 Å². The zero-order chi connectivity index (χ0) is 16.4. The standard InChI is InChI=1S/C16H13FN2O2S2/c1-9-7-10(3-4-11(9)17)12-8-23-16(18-12)19-15(20)14-13(21-2)5-6-22-14/h3-8H,1-2H3,(H,18,19,20). The molecule has 7 heteroatoms. The number of carbonyl (C=O) groups is 1. The van der Waals surface area contributed by atoms with E-state index in [-0.39, 0.29) is 11.7 Å². The van der Waals surface area contributed by atoms with Gasteiger partial charge in [-0.25, -0.2) is 9.37 Å². The first kappa shape index (κ1) is 15.6. The summed E-state index contributed by atoms with van der Waals surface area (Å²) in [6, 6.07) is 6.57. The van der Waals surface area contributed by atoms with Crippen LogP contribution in [0.2, 0.25) is 0 Å². The average molecular weight is 348 g/mol. The molecule has 3 aromatic rings. The van der Waals surface area contributed by atoms with Gasteiger partial charge < -0.3 is 4.74 Å². The van der Waals surface area contributed by atoms with E-state index in [0.717, 1.165) is 5.56 Å². The summed E-state index contributed by atoms with van der Waals surface area (Å²) < 4.78 is 18.5. The Morgan fingerprint density at radius 1 is 1.30 bits per heavy atom. The lowest BCUT2D eigenvalue weighted by molar-refractivity contribution is 0.102. The van der Waals surface area contributed by atoms with Gasteiger partial charge >= 0.3 is 0 Å². The first-order valence-corrected chi connectivity index (χ1v) is 8.49. The summed E-state index contributed by atoms with van der Waals surface area (Å²) in [6.45, 7) is 1.71. The molecule has 3 rings (SSSR count). The number of aromatic nitrogens is 1. The van der Waals surface area contributed by atoms with Gasteiger partial charge in [0, 0.05) is 10.9 Å². The predicted molar refractivity (Wildman–Crippen MR) is 91.1 cm³/mol. The smallest absolute Gasteiger partial charge is 0.271 e. The molecule has 118 valence electrons. The fourth-order valence-electron chi connectivity index (χ4n) is 2.05. The molecule has 1 N–H and O–H groups in total. The van der Waals surface area contributed by atoms with Crippen molar-refractivity contribution in [3.63, 3.8) is 0 Å². The maximum atomic E-state index is 13.3. The van der Waals surface area contributed by atoms with Gasteiger partial charge in [0.15, 0.2) is 5.13 Å². The van der Waals surface area contributed by atoms with E-state index in [4.69, 9.17) is 4.74 Å². The SMILES string of the molecule is COc1ccsc1C(=O)Nc1nc(-c2ccc(F)c(C)c2)cs1. The molecule has 0 saturated carbocycles. The Morgan fingerprint density at radius 2 is 2.13 bits per heavy atom. The van der Waals surface area contributed by atoms with Crippen LogP contribution in [0, 0.1) is 12.7 Å². The van der Waals surface area contributed by atoms with E-state index in [1.165, 1.54) is 35.8 Å². The molecule has 0 aliphatic rings. The number of halogens is 1. The normalized spacial score (nSPS) is 10.6. The number of nitrogens with zero attached hydrogens (tertiary/aromatic N) is 1. The molecule has 0 fully saturated rings. The lowest BCUT2D eigenvalue weighted by Crippen LogP contribution is -2.10. The number of benzene rings is 1. The minimum Gasteiger partial charge on any atom is -0.495 e. The molecule has 0 bridgehead atoms. The van der Waals surface area contributed by atoms with Crippen molar-refractivity contribution < 1.29 is 13.9 Å². The van der Waals surface area contributed by atoms with Gasteiger partial charge in [0.2, 0.25) is 0 Å². The highest BCUT2D eigenvalue weighted by atomic mass is 32.1. The highest BCUT2D eigenvalue weighted by Gasteiger charge is 2.16. The van der Waals surface area contributed by atoms with Crippen molar-refractivity contribution >= 4 is 33.7 Å². The van der Waals surface area contributed by atoms with Crippen LogP contribution in [-0.2, 0) is 0 Å². The molecule has 2 aromatic heterocycles. The quantitative estimate of drug-likeness (QED) is 0.751. The molecular weight excluding hydrogens is 335 g/mol. The zero-order valence-electron chi connectivity index (χ0n) is 12.4. The van der Waals surface area contributed by atoms with Crippen LogP contribution in [0.1, 0.15) is 15.2 Å². The third-order valence-corrected chi connectivity index (χ3v) is 4.89. The molecule has 0 aliphatic carbocycles. The van der Waals surface area contributed by atoms with Crippen molar-refractivity contribution in [2.45, 2.75) is 6.92 Å². The number of thiazole rings is 1. The first-order valence-electron chi connectivity index (χ1n) is 6.73. The second kappa shape index (κ2) is 6.47. The van der Waals surface area contributed by atoms with Gasteiger partial charge in [-0.1, -0.05) is 0 Å². The number of ether oxygens (including phenoxy) is 1. The van der Waals surface area contributed by atoms with Crippen LogP contribution in [0.3, 0.4) is 0 Å². The first-order chi connectivity index (χ1) is 11.1. The third-order valence-electron chi connectivity index (χ3n) is 3.23. The molecule has 0 radical (unpaired) electrons. The summed E-state index contributed by atoms with van der Waals surface area (Å²) in [5.74, 6) is 0.0359. The Bertz CT molecular complexity index is 857. The fraction of sp³-hybridized carbons (Fsp3) is 0.125. The van der Waals surface area contributed by atoms with Gasteiger partial charge in [0.1, 0.15) is 16.4 Å². The number of anilines is 1. The number of amides is 1. The minimum atomic E-state index is -0.256. The van der Waals surface area contributed by atoms with E-state index in [0.29, 0.717) is 27.0 Å². The van der Waals surface area contributed by atoms with Gasteiger partial charge in [-0.3, -0.25) is 10.1 Å². The van der Waals surface area contributed by atoms with Gasteiger partial charge in [-0.05, 0) is 42.1 Å². The number of carbonyl (C=O) groups excluding carboxylic acids is 1. The lowest BCUT2D eigenvalue weighted by Gasteiger charge is -2.02. The number of rotatable bonds is 4. The number of hydrogen-bond acceptors (Lipinski definition) is 5. The Hall–Kier alpha value is -2.25. The van der Waals surface area contributed by atoms with Crippen molar-refractivity contribution in [1.82, 2.24) is 4.98 Å². The van der Waals surface area contributed by atoms with Crippen molar-refractivity contribution in [2.24, 2.45) is 0 Å². The van der Waals surface area contributed by atoms with E-state index in [1.54, 1.807) is 30.5 Å². The molecule has 0 unspecified atom stereocenters. The Kier molecular flexibility index (Phi) is 4.40. The zero-order valence-corrected chi connectivity index (χ0v) is 14.1. The number of aryl methyl sites for hydroxylation is 1. The number of hydrogen-bond donors (Lipinski definition) is 1. The Morgan fingerprint density at radius 3 is 2.87 bits per heavy atom. The molecule has 0 spiro atoms. The van der Waals surface area contributed by atoms with Gasteiger partial charge in [0.05, 0.1) is 12.8 Å². The van der Waals surface area contributed by atoms with Gasteiger partial charge in [0.25, 0.3) is 5.91 Å². The van der Waals surface area contributed by atoms with Crippen molar-refractivity contribution in [3.05, 3.63) is 51.3 Å². The van der Waals surface area contributed by atoms with Gasteiger partial charge in [-0.15, -0.1) is 22.7 Å². The molecule has 23 heavy (non-hydrogen) atoms. The molecule has 0 atom stereocenters. The van der Waals surface area contributed by atoms with E-state index in [9.17, 15) is 9.18 Å². The van der Waals surface area contributed by atoms with Crippen LogP contribution in [-0.4, -0.2) is 18.0 Å². The van der Waals surface area contributed by atoms with E-state index < -0.39 is 0 Å². The second-order valence-electron chi connectivity index (χ2n) is 4.77. The van der Waals surface area contributed by atoms with Crippen LogP contribution in [0.25, 0.3) is 11.3 Å². The van der Waals surface area contributed by atoms with Crippen LogP contribution >= 0.6 is 22.7 Å². The average Bonchev–Trinajstić information content (AvgIpc) is 3.18. The number of thiophene rings is 1. The highest BCUT2D eigenvalue weighted by Crippen LogP contribution is 2.29. The summed E-state index contributed by atoms with van der Waals surface area (Å²) in [6.07, 6.45) is 0. The molecule has 1 aromatic carbocycles. The molecule has 0 aliphatic heterocycles. The molecule has 2 heterocycles. The maximum absolute atomic E-state index is 13.3. The fourth-order valence-corrected chi connectivity index (χ4v) is 3.51. The molecule has 0 saturated heterocycles. The second-order valence-corrected chi connectivity index (χ2v) is 6.55. The van der Waals surface area contributed by atoms with E-state index in [1.807, 2.05) is 5.38 Å². The van der Waals surface area contributed by atoms with Crippen molar-refractivity contribution in [1.29, 1.82) is 0 Å². The summed E-state index contributed by atoms with van der Waals surface area (Å²) in [5, 5.41) is 6.87. The number of methoxy groups -OCH3 is 1. The minimum absolute atomic E-state index is 0.248. The topological polar surface area (TPSA) is 51.2 Å². The highest BCUT2D eigenvalue weighted by molar-refractivity contribution is 7.15. The summed E-state index contributed by atoms with van der Waals surface area (Å²) in [4.78, 5) is 17.1. The van der Waals surface area contributed by atoms with Crippen LogP contribution < -0.4 is 10.1 Å². The maximum Gasteiger partial charge on any atom is 0.271 e. The number of nitrogens with one attached hydrogen (secondary N) is 1. The van der Waals surface area contributed by atoms with Crippen LogP contribution in [0.5, 0.6) is 5.75 Å². The van der Waals surface area contributed by atoms with Crippen molar-refractivity contribution in [2.75, 3.05) is 12.4 Å². The van der Waals surface area contributed by atoms with Crippen LogP contribution in [0.4, 0.5) is 9.52 Å². The lowest BCUT2D eigenvalue weighted by atomic mass is 10.1. The van der Waals surface area contributed by atoms with E-state index >= 15 is 0 Å². The molecular formula is C16H13FN2O2S2. The van der Waals surface area contributed by atoms with Gasteiger partial charge in [-0.2, -0.15) is 0 Å². The molecule has 1 amide bonds. The van der Waals surface area contributed by atoms with E-state index in [2.05, 4.69) is 10.3 Å². The predicted octanol–water partition coefficient (Wildman–Crippen LogP) is 4.58. The Labute approximate surface area is 140 Å². The summed E-state index contributed by atoms with van der Waals surface area (Å²) in [7, 11) is 1.52.